The minimum Gasteiger partial charge on any atom is -0.294 e. The summed E-state index contributed by atoms with van der Waals surface area (Å²) in [5, 5.41) is 2.50. The molecule has 7 aromatic rings. The van der Waals surface area contributed by atoms with E-state index in [1.807, 2.05) is 11.8 Å². The summed E-state index contributed by atoms with van der Waals surface area (Å²) in [6, 6.07) is 45.5. The Balaban J connectivity index is 1.42. The van der Waals surface area contributed by atoms with Crippen molar-refractivity contribution in [2.45, 2.75) is 16.7 Å². The molecule has 0 amide bonds. The summed E-state index contributed by atoms with van der Waals surface area (Å²) in [5.41, 5.74) is 10.5. The van der Waals surface area contributed by atoms with Crippen LogP contribution in [0.1, 0.15) is 16.7 Å². The molecule has 0 saturated carbocycles. The number of nitrogens with zero attached hydrogens (tertiary/aromatic N) is 2. The number of hydrogen-bond donors (Lipinski definition) is 0. The van der Waals surface area contributed by atoms with Crippen LogP contribution in [0, 0.1) is 6.92 Å². The molecule has 0 N–H and O–H groups in total. The van der Waals surface area contributed by atoms with E-state index in [0.717, 1.165) is 33.7 Å². The van der Waals surface area contributed by atoms with Gasteiger partial charge >= 0.3 is 0 Å². The van der Waals surface area contributed by atoms with Gasteiger partial charge in [-0.2, -0.15) is 0 Å². The predicted molar refractivity (Wildman–Crippen MR) is 174 cm³/mol. The number of fused-ring (bicyclic) bond motifs is 6. The van der Waals surface area contributed by atoms with E-state index >= 15 is 0 Å². The van der Waals surface area contributed by atoms with Crippen molar-refractivity contribution in [3.05, 3.63) is 144 Å². The van der Waals surface area contributed by atoms with Crippen LogP contribution in [0.2, 0.25) is 0 Å². The van der Waals surface area contributed by atoms with E-state index < -0.39 is 0 Å². The standard InChI is InChI=1S/C38H26N2S/c1-25-16-20-35-28(22-25)17-18-31-36(41-35)21-19-34-38(31)30-14-8-9-15-33(30)40(34)37-24-29(26-10-4-2-5-11-26)23-32(39-37)27-12-6-3-7-13-27/h2-24H,1H3. The van der Waals surface area contributed by atoms with Crippen LogP contribution in [0.5, 0.6) is 0 Å². The molecule has 0 spiro atoms. The maximum absolute atomic E-state index is 5.28. The van der Waals surface area contributed by atoms with Gasteiger partial charge in [0.15, 0.2) is 0 Å². The Morgan fingerprint density at radius 2 is 1.32 bits per heavy atom. The van der Waals surface area contributed by atoms with E-state index in [2.05, 4.69) is 151 Å². The Morgan fingerprint density at radius 3 is 2.15 bits per heavy atom. The molecule has 3 heteroatoms. The highest BCUT2D eigenvalue weighted by Gasteiger charge is 2.20. The van der Waals surface area contributed by atoms with Crippen molar-refractivity contribution >= 4 is 45.7 Å². The lowest BCUT2D eigenvalue weighted by Crippen LogP contribution is -2.00. The van der Waals surface area contributed by atoms with Crippen LogP contribution in [0.25, 0.3) is 62.2 Å². The molecule has 0 radical (unpaired) electrons. The van der Waals surface area contributed by atoms with E-state index in [4.69, 9.17) is 4.98 Å². The van der Waals surface area contributed by atoms with Gasteiger partial charge in [-0.3, -0.25) is 4.57 Å². The molecule has 0 saturated heterocycles. The SMILES string of the molecule is Cc1ccc2c(c1)C=Cc1c(ccc3c1c1ccccc1n3-c1cc(-c3ccccc3)cc(-c3ccccc3)n1)S2. The smallest absolute Gasteiger partial charge is 0.138 e. The molecule has 0 bridgehead atoms. The van der Waals surface area contributed by atoms with Crippen molar-refractivity contribution in [3.8, 4) is 28.2 Å². The Morgan fingerprint density at radius 1 is 0.585 bits per heavy atom. The number of aryl methyl sites for hydroxylation is 1. The molecule has 8 rings (SSSR count). The summed E-state index contributed by atoms with van der Waals surface area (Å²) in [6.45, 7) is 2.16. The summed E-state index contributed by atoms with van der Waals surface area (Å²) in [5.74, 6) is 0.917. The van der Waals surface area contributed by atoms with Gasteiger partial charge < -0.3 is 0 Å². The quantitative estimate of drug-likeness (QED) is 0.221. The Kier molecular flexibility index (Phi) is 5.65. The second kappa shape index (κ2) is 9.65. The normalized spacial score (nSPS) is 12.3. The van der Waals surface area contributed by atoms with E-state index in [0.29, 0.717) is 0 Å². The third kappa shape index (κ3) is 4.09. The van der Waals surface area contributed by atoms with Crippen molar-refractivity contribution in [1.29, 1.82) is 0 Å². The van der Waals surface area contributed by atoms with Crippen LogP contribution >= 0.6 is 11.8 Å². The molecule has 194 valence electrons. The zero-order valence-corrected chi connectivity index (χ0v) is 23.4. The monoisotopic (exact) mass is 542 g/mol. The zero-order valence-electron chi connectivity index (χ0n) is 22.6. The van der Waals surface area contributed by atoms with Gasteiger partial charge in [0.1, 0.15) is 5.82 Å². The second-order valence-corrected chi connectivity index (χ2v) is 11.6. The average molecular weight is 543 g/mol. The highest BCUT2D eigenvalue weighted by molar-refractivity contribution is 7.99. The Labute approximate surface area is 243 Å². The fourth-order valence-corrected chi connectivity index (χ4v) is 6.97. The minimum atomic E-state index is 0.917. The van der Waals surface area contributed by atoms with E-state index in [1.165, 1.54) is 42.8 Å². The predicted octanol–water partition coefficient (Wildman–Crippen LogP) is 10.5. The second-order valence-electron chi connectivity index (χ2n) is 10.5. The van der Waals surface area contributed by atoms with Crippen LogP contribution < -0.4 is 0 Å². The number of aromatic nitrogens is 2. The van der Waals surface area contributed by atoms with Crippen molar-refractivity contribution in [2.24, 2.45) is 0 Å². The zero-order chi connectivity index (χ0) is 27.3. The average Bonchev–Trinajstić information content (AvgIpc) is 3.25. The van der Waals surface area contributed by atoms with Crippen molar-refractivity contribution in [1.82, 2.24) is 9.55 Å². The fourth-order valence-electron chi connectivity index (χ4n) is 5.94. The molecule has 1 aliphatic heterocycles. The molecule has 41 heavy (non-hydrogen) atoms. The molecule has 0 atom stereocenters. The first-order valence-electron chi connectivity index (χ1n) is 13.9. The van der Waals surface area contributed by atoms with Crippen LogP contribution in [0.4, 0.5) is 0 Å². The van der Waals surface area contributed by atoms with E-state index in [1.54, 1.807) is 0 Å². The van der Waals surface area contributed by atoms with Crippen LogP contribution in [-0.2, 0) is 0 Å². The highest BCUT2D eigenvalue weighted by Crippen LogP contribution is 2.44. The van der Waals surface area contributed by atoms with Gasteiger partial charge in [0.2, 0.25) is 0 Å². The molecule has 2 nitrogen and oxygen atoms in total. The van der Waals surface area contributed by atoms with Gasteiger partial charge in [0.25, 0.3) is 0 Å². The summed E-state index contributed by atoms with van der Waals surface area (Å²) in [4.78, 5) is 7.85. The first-order valence-corrected chi connectivity index (χ1v) is 14.7. The topological polar surface area (TPSA) is 17.8 Å². The maximum Gasteiger partial charge on any atom is 0.138 e. The number of para-hydroxylation sites is 1. The van der Waals surface area contributed by atoms with Gasteiger partial charge in [0.05, 0.1) is 16.7 Å². The highest BCUT2D eigenvalue weighted by atomic mass is 32.2. The van der Waals surface area contributed by atoms with Gasteiger partial charge in [-0.25, -0.2) is 4.98 Å². The molecule has 0 aliphatic carbocycles. The third-order valence-electron chi connectivity index (χ3n) is 7.87. The lowest BCUT2D eigenvalue weighted by molar-refractivity contribution is 1.08. The first-order chi connectivity index (χ1) is 20.2. The molecule has 2 aromatic heterocycles. The number of hydrogen-bond acceptors (Lipinski definition) is 2. The lowest BCUT2D eigenvalue weighted by atomic mass is 10.0. The van der Waals surface area contributed by atoms with Gasteiger partial charge in [-0.05, 0) is 65.6 Å². The Hall–Kier alpha value is -4.86. The number of pyridine rings is 1. The van der Waals surface area contributed by atoms with E-state index in [9.17, 15) is 0 Å². The number of benzene rings is 5. The summed E-state index contributed by atoms with van der Waals surface area (Å²) in [6.07, 6.45) is 4.57. The maximum atomic E-state index is 5.28. The third-order valence-corrected chi connectivity index (χ3v) is 9.04. The summed E-state index contributed by atoms with van der Waals surface area (Å²) < 4.78 is 2.34. The van der Waals surface area contributed by atoms with Gasteiger partial charge in [0, 0.05) is 26.1 Å². The van der Waals surface area contributed by atoms with Crippen LogP contribution in [0.3, 0.4) is 0 Å². The van der Waals surface area contributed by atoms with Crippen molar-refractivity contribution in [3.63, 3.8) is 0 Å². The van der Waals surface area contributed by atoms with Crippen LogP contribution in [0.15, 0.2) is 137 Å². The molecule has 5 aromatic carbocycles. The Bertz CT molecular complexity index is 2060. The fraction of sp³-hybridized carbons (Fsp3) is 0.0263. The van der Waals surface area contributed by atoms with Crippen molar-refractivity contribution in [2.75, 3.05) is 0 Å². The molecule has 0 fully saturated rings. The van der Waals surface area contributed by atoms with E-state index in [-0.39, 0.29) is 0 Å². The molecular weight excluding hydrogens is 516 g/mol. The summed E-state index contributed by atoms with van der Waals surface area (Å²) in [7, 11) is 0. The summed E-state index contributed by atoms with van der Waals surface area (Å²) >= 11 is 1.85. The number of rotatable bonds is 3. The largest absolute Gasteiger partial charge is 0.294 e. The molecule has 0 unspecified atom stereocenters. The van der Waals surface area contributed by atoms with Gasteiger partial charge in [-0.1, -0.05) is 120 Å². The molecular formula is C38H26N2S. The molecule has 1 aliphatic rings. The first kappa shape index (κ1) is 24.0. The molecule has 3 heterocycles. The van der Waals surface area contributed by atoms with Gasteiger partial charge in [-0.15, -0.1) is 0 Å². The van der Waals surface area contributed by atoms with Crippen molar-refractivity contribution < 1.29 is 0 Å². The van der Waals surface area contributed by atoms with Crippen LogP contribution in [-0.4, -0.2) is 9.55 Å². The lowest BCUT2D eigenvalue weighted by Gasteiger charge is -2.13. The minimum absolute atomic E-state index is 0.917.